The molecule has 17 heavy (non-hydrogen) atoms. The third-order valence-corrected chi connectivity index (χ3v) is 3.59. The minimum atomic E-state index is -0.181. The molecule has 1 aliphatic rings. The van der Waals surface area contributed by atoms with Crippen LogP contribution in [0.2, 0.25) is 0 Å². The van der Waals surface area contributed by atoms with Crippen molar-refractivity contribution < 1.29 is 9.13 Å². The SMILES string of the molecule is COC1CCN(c2c(F)cccc2CCl)CC1. The van der Waals surface area contributed by atoms with E-state index in [1.54, 1.807) is 13.2 Å². The number of anilines is 1. The second-order valence-electron chi connectivity index (χ2n) is 4.30. The van der Waals surface area contributed by atoms with E-state index in [0.29, 0.717) is 17.7 Å². The van der Waals surface area contributed by atoms with Crippen molar-refractivity contribution in [3.05, 3.63) is 29.6 Å². The summed E-state index contributed by atoms with van der Waals surface area (Å²) in [4.78, 5) is 2.07. The predicted molar refractivity (Wildman–Crippen MR) is 68.2 cm³/mol. The van der Waals surface area contributed by atoms with E-state index in [1.165, 1.54) is 6.07 Å². The van der Waals surface area contributed by atoms with Crippen molar-refractivity contribution in [2.45, 2.75) is 24.8 Å². The third kappa shape index (κ3) is 2.72. The number of piperidine rings is 1. The van der Waals surface area contributed by atoms with Crippen LogP contribution < -0.4 is 4.90 Å². The summed E-state index contributed by atoms with van der Waals surface area (Å²) in [5.74, 6) is 0.163. The number of hydrogen-bond acceptors (Lipinski definition) is 2. The molecule has 0 radical (unpaired) electrons. The molecule has 2 nitrogen and oxygen atoms in total. The molecule has 1 aromatic rings. The Morgan fingerprint density at radius 3 is 2.71 bits per heavy atom. The highest BCUT2D eigenvalue weighted by atomic mass is 35.5. The van der Waals surface area contributed by atoms with E-state index in [0.717, 1.165) is 31.5 Å². The van der Waals surface area contributed by atoms with Gasteiger partial charge in [-0.25, -0.2) is 4.39 Å². The van der Waals surface area contributed by atoms with Gasteiger partial charge in [0.25, 0.3) is 0 Å². The van der Waals surface area contributed by atoms with Gasteiger partial charge in [0, 0.05) is 26.1 Å². The Labute approximate surface area is 106 Å². The fourth-order valence-electron chi connectivity index (χ4n) is 2.34. The molecule has 2 rings (SSSR count). The smallest absolute Gasteiger partial charge is 0.146 e. The van der Waals surface area contributed by atoms with E-state index in [1.807, 2.05) is 6.07 Å². The van der Waals surface area contributed by atoms with E-state index in [-0.39, 0.29) is 5.82 Å². The van der Waals surface area contributed by atoms with E-state index < -0.39 is 0 Å². The molecule has 1 aromatic carbocycles. The summed E-state index contributed by atoms with van der Waals surface area (Å²) in [6.45, 7) is 1.65. The summed E-state index contributed by atoms with van der Waals surface area (Å²) in [5.41, 5.74) is 1.53. The van der Waals surface area contributed by atoms with Gasteiger partial charge in [-0.1, -0.05) is 12.1 Å². The van der Waals surface area contributed by atoms with Gasteiger partial charge in [0.15, 0.2) is 0 Å². The lowest BCUT2D eigenvalue weighted by Gasteiger charge is -2.34. The van der Waals surface area contributed by atoms with Crippen LogP contribution in [0.15, 0.2) is 18.2 Å². The molecule has 0 unspecified atom stereocenters. The molecule has 0 aliphatic carbocycles. The minimum Gasteiger partial charge on any atom is -0.381 e. The Hall–Kier alpha value is -0.800. The number of rotatable bonds is 3. The molecule has 1 saturated heterocycles. The summed E-state index contributed by atoms with van der Waals surface area (Å²) in [6, 6.07) is 5.08. The number of hydrogen-bond donors (Lipinski definition) is 0. The van der Waals surface area contributed by atoms with Gasteiger partial charge in [-0.3, -0.25) is 0 Å². The van der Waals surface area contributed by atoms with Crippen LogP contribution in [0.25, 0.3) is 0 Å². The molecule has 0 spiro atoms. The largest absolute Gasteiger partial charge is 0.381 e. The van der Waals surface area contributed by atoms with Gasteiger partial charge in [0.05, 0.1) is 11.8 Å². The van der Waals surface area contributed by atoms with Crippen molar-refractivity contribution in [2.75, 3.05) is 25.1 Å². The number of methoxy groups -OCH3 is 1. The number of nitrogens with zero attached hydrogens (tertiary/aromatic N) is 1. The lowest BCUT2D eigenvalue weighted by molar-refractivity contribution is 0.0818. The number of alkyl halides is 1. The van der Waals surface area contributed by atoms with Crippen molar-refractivity contribution in [3.8, 4) is 0 Å². The molecule has 0 aromatic heterocycles. The highest BCUT2D eigenvalue weighted by Gasteiger charge is 2.22. The topological polar surface area (TPSA) is 12.5 Å². The highest BCUT2D eigenvalue weighted by molar-refractivity contribution is 6.17. The molecule has 1 aliphatic heterocycles. The molecule has 0 saturated carbocycles. The normalized spacial score (nSPS) is 17.5. The molecular formula is C13H17ClFNO. The fraction of sp³-hybridized carbons (Fsp3) is 0.538. The Morgan fingerprint density at radius 1 is 1.41 bits per heavy atom. The van der Waals surface area contributed by atoms with Crippen LogP contribution in [0.5, 0.6) is 0 Å². The van der Waals surface area contributed by atoms with E-state index >= 15 is 0 Å². The van der Waals surface area contributed by atoms with Crippen LogP contribution >= 0.6 is 11.6 Å². The van der Waals surface area contributed by atoms with Crippen LogP contribution in [0.3, 0.4) is 0 Å². The van der Waals surface area contributed by atoms with Crippen LogP contribution in [0, 0.1) is 5.82 Å². The van der Waals surface area contributed by atoms with Crippen molar-refractivity contribution in [1.29, 1.82) is 0 Å². The lowest BCUT2D eigenvalue weighted by atomic mass is 10.1. The van der Waals surface area contributed by atoms with Gasteiger partial charge in [0.2, 0.25) is 0 Å². The molecule has 1 fully saturated rings. The number of halogens is 2. The predicted octanol–water partition coefficient (Wildman–Crippen LogP) is 3.18. The fourth-order valence-corrected chi connectivity index (χ4v) is 2.55. The number of benzene rings is 1. The van der Waals surface area contributed by atoms with Crippen LogP contribution in [-0.4, -0.2) is 26.3 Å². The van der Waals surface area contributed by atoms with E-state index in [2.05, 4.69) is 4.90 Å². The molecule has 0 N–H and O–H groups in total. The van der Waals surface area contributed by atoms with E-state index in [4.69, 9.17) is 16.3 Å². The van der Waals surface area contributed by atoms with Gasteiger partial charge >= 0.3 is 0 Å². The molecular weight excluding hydrogens is 241 g/mol. The molecule has 94 valence electrons. The summed E-state index contributed by atoms with van der Waals surface area (Å²) in [5, 5.41) is 0. The van der Waals surface area contributed by atoms with Gasteiger partial charge in [-0.2, -0.15) is 0 Å². The average molecular weight is 258 g/mol. The summed E-state index contributed by atoms with van der Waals surface area (Å²) in [7, 11) is 1.73. The van der Waals surface area contributed by atoms with Gasteiger partial charge in [-0.15, -0.1) is 11.6 Å². The first-order valence-corrected chi connectivity index (χ1v) is 6.40. The Bertz CT molecular complexity index is 378. The Balaban J connectivity index is 2.17. The quantitative estimate of drug-likeness (QED) is 0.771. The standard InChI is InChI=1S/C13H17ClFNO/c1-17-11-5-7-16(8-6-11)13-10(9-14)3-2-4-12(13)15/h2-4,11H,5-9H2,1H3. The molecule has 0 bridgehead atoms. The first-order valence-electron chi connectivity index (χ1n) is 5.87. The van der Waals surface area contributed by atoms with Gasteiger partial charge < -0.3 is 9.64 Å². The first kappa shape index (κ1) is 12.7. The Morgan fingerprint density at radius 2 is 2.12 bits per heavy atom. The molecule has 0 atom stereocenters. The van der Waals surface area contributed by atoms with Crippen LogP contribution in [0.1, 0.15) is 18.4 Å². The van der Waals surface area contributed by atoms with Crippen LogP contribution in [0.4, 0.5) is 10.1 Å². The lowest BCUT2D eigenvalue weighted by Crippen LogP contribution is -2.37. The summed E-state index contributed by atoms with van der Waals surface area (Å²) >= 11 is 5.86. The third-order valence-electron chi connectivity index (χ3n) is 3.31. The van der Waals surface area contributed by atoms with Gasteiger partial charge in [0.1, 0.15) is 5.82 Å². The second kappa shape index (κ2) is 5.69. The summed E-state index contributed by atoms with van der Waals surface area (Å²) in [6.07, 6.45) is 2.18. The molecule has 0 amide bonds. The van der Waals surface area contributed by atoms with Crippen molar-refractivity contribution in [2.24, 2.45) is 0 Å². The van der Waals surface area contributed by atoms with Crippen molar-refractivity contribution in [1.82, 2.24) is 0 Å². The second-order valence-corrected chi connectivity index (χ2v) is 4.57. The number of para-hydroxylation sites is 1. The van der Waals surface area contributed by atoms with Crippen molar-refractivity contribution >= 4 is 17.3 Å². The highest BCUT2D eigenvalue weighted by Crippen LogP contribution is 2.28. The molecule has 4 heteroatoms. The maximum absolute atomic E-state index is 13.9. The van der Waals surface area contributed by atoms with E-state index in [9.17, 15) is 4.39 Å². The van der Waals surface area contributed by atoms with Crippen molar-refractivity contribution in [3.63, 3.8) is 0 Å². The summed E-state index contributed by atoms with van der Waals surface area (Å²) < 4.78 is 19.2. The zero-order valence-corrected chi connectivity index (χ0v) is 10.7. The average Bonchev–Trinajstić information content (AvgIpc) is 2.38. The van der Waals surface area contributed by atoms with Crippen LogP contribution in [-0.2, 0) is 10.6 Å². The Kier molecular flexibility index (Phi) is 4.24. The van der Waals surface area contributed by atoms with Gasteiger partial charge in [-0.05, 0) is 24.5 Å². The zero-order chi connectivity index (χ0) is 12.3. The maximum Gasteiger partial charge on any atom is 0.146 e. The molecule has 1 heterocycles. The zero-order valence-electron chi connectivity index (χ0n) is 9.96. The number of ether oxygens (including phenoxy) is 1. The minimum absolute atomic E-state index is 0.181. The maximum atomic E-state index is 13.9. The first-order chi connectivity index (χ1) is 8.26. The monoisotopic (exact) mass is 257 g/mol.